The molecule has 0 aromatic heterocycles. The average molecular weight is 205 g/mol. The Morgan fingerprint density at radius 1 is 1.31 bits per heavy atom. The predicted molar refractivity (Wildman–Crippen MR) is 49.5 cm³/mol. The zero-order chi connectivity index (χ0) is 9.14. The lowest BCUT2D eigenvalue weighted by atomic mass is 10.2. The fourth-order valence-electron chi connectivity index (χ4n) is 0.792. The lowest BCUT2D eigenvalue weighted by Crippen LogP contribution is -2.12. The number of nitrogens with two attached hydrogens (primary N) is 1. The number of hydrogen-bond acceptors (Lipinski definition) is 4. The number of nitrogens with zero attached hydrogens (tertiary/aromatic N) is 1. The zero-order valence-corrected chi connectivity index (χ0v) is 7.32. The molecule has 13 heavy (non-hydrogen) atoms. The minimum absolute atomic E-state index is 0. The van der Waals surface area contributed by atoms with Crippen molar-refractivity contribution in [3.63, 3.8) is 0 Å². The molecule has 0 atom stereocenters. The number of para-hydroxylation sites is 1. The van der Waals surface area contributed by atoms with Crippen molar-refractivity contribution < 1.29 is 15.4 Å². The molecule has 0 bridgehead atoms. The third kappa shape index (κ3) is 2.16. The first-order valence-corrected chi connectivity index (χ1v) is 3.15. The van der Waals surface area contributed by atoms with Crippen LogP contribution in [0.15, 0.2) is 23.4 Å². The van der Waals surface area contributed by atoms with E-state index in [9.17, 15) is 5.11 Å². The molecule has 0 fully saturated rings. The van der Waals surface area contributed by atoms with E-state index in [0.717, 1.165) is 0 Å². The molecule has 6 heteroatoms. The fraction of sp³-hybridized carbons (Fsp3) is 0. The number of halogens is 1. The quantitative estimate of drug-likeness (QED) is 0.177. The largest absolute Gasteiger partial charge is 0.504 e. The number of phenols is 2. The van der Waals surface area contributed by atoms with E-state index < -0.39 is 5.75 Å². The van der Waals surface area contributed by atoms with E-state index in [-0.39, 0.29) is 29.6 Å². The maximum Gasteiger partial charge on any atom is 0.173 e. The highest BCUT2D eigenvalue weighted by atomic mass is 35.5. The lowest BCUT2D eigenvalue weighted by molar-refractivity contribution is 0.318. The van der Waals surface area contributed by atoms with Gasteiger partial charge in [-0.3, -0.25) is 0 Å². The molecule has 0 aliphatic carbocycles. The Morgan fingerprint density at radius 3 is 2.46 bits per heavy atom. The highest BCUT2D eigenvalue weighted by molar-refractivity contribution is 6.00. The first-order valence-electron chi connectivity index (χ1n) is 3.15. The van der Waals surface area contributed by atoms with Gasteiger partial charge in [-0.25, -0.2) is 0 Å². The summed E-state index contributed by atoms with van der Waals surface area (Å²) in [7, 11) is 0. The van der Waals surface area contributed by atoms with Gasteiger partial charge < -0.3 is 21.2 Å². The molecule has 1 aromatic carbocycles. The van der Waals surface area contributed by atoms with Gasteiger partial charge >= 0.3 is 0 Å². The Labute approximate surface area is 80.5 Å². The van der Waals surface area contributed by atoms with Crippen molar-refractivity contribution in [3.8, 4) is 11.5 Å². The van der Waals surface area contributed by atoms with Crippen molar-refractivity contribution in [1.29, 1.82) is 0 Å². The van der Waals surface area contributed by atoms with Gasteiger partial charge in [0.2, 0.25) is 0 Å². The Bertz CT molecular complexity index is 328. The number of oxime groups is 1. The molecule has 0 saturated heterocycles. The van der Waals surface area contributed by atoms with Crippen LogP contribution in [-0.2, 0) is 0 Å². The van der Waals surface area contributed by atoms with Crippen molar-refractivity contribution in [2.24, 2.45) is 10.9 Å². The smallest absolute Gasteiger partial charge is 0.173 e. The topological polar surface area (TPSA) is 99.1 Å². The van der Waals surface area contributed by atoms with Crippen molar-refractivity contribution in [3.05, 3.63) is 23.8 Å². The summed E-state index contributed by atoms with van der Waals surface area (Å²) in [5, 5.41) is 29.1. The summed E-state index contributed by atoms with van der Waals surface area (Å²) in [6.07, 6.45) is 0. The van der Waals surface area contributed by atoms with E-state index in [1.54, 1.807) is 0 Å². The fourth-order valence-corrected chi connectivity index (χ4v) is 0.792. The van der Waals surface area contributed by atoms with E-state index in [1.807, 2.05) is 0 Å². The highest BCUT2D eigenvalue weighted by Crippen LogP contribution is 2.27. The molecule has 1 aromatic rings. The number of aromatic hydroxyl groups is 2. The molecular formula is C7H9ClN2O3. The second-order valence-corrected chi connectivity index (χ2v) is 2.16. The summed E-state index contributed by atoms with van der Waals surface area (Å²) < 4.78 is 0. The monoisotopic (exact) mass is 204 g/mol. The third-order valence-electron chi connectivity index (χ3n) is 1.40. The van der Waals surface area contributed by atoms with Gasteiger partial charge in [-0.05, 0) is 12.1 Å². The van der Waals surface area contributed by atoms with Crippen LogP contribution in [0.2, 0.25) is 0 Å². The molecule has 0 saturated carbocycles. The standard InChI is InChI=1S/C7H8N2O3.ClH/c8-7(9-12)4-2-1-3-5(10)6(4)11;/h1-3,10-12H,(H2,8,9);1H. The van der Waals surface area contributed by atoms with Crippen molar-refractivity contribution >= 4 is 18.2 Å². The molecule has 72 valence electrons. The van der Waals surface area contributed by atoms with Crippen LogP contribution >= 0.6 is 12.4 Å². The van der Waals surface area contributed by atoms with E-state index in [2.05, 4.69) is 5.16 Å². The maximum absolute atomic E-state index is 9.18. The zero-order valence-electron chi connectivity index (χ0n) is 6.51. The number of phenolic OH excluding ortho intramolecular Hbond substituents is 2. The van der Waals surface area contributed by atoms with E-state index in [4.69, 9.17) is 16.0 Å². The summed E-state index contributed by atoms with van der Waals surface area (Å²) in [4.78, 5) is 0. The Kier molecular flexibility index (Phi) is 3.87. The van der Waals surface area contributed by atoms with Gasteiger partial charge in [0, 0.05) is 0 Å². The van der Waals surface area contributed by atoms with Crippen LogP contribution in [0, 0.1) is 0 Å². The molecular weight excluding hydrogens is 196 g/mol. The molecule has 5 N–H and O–H groups in total. The first-order chi connectivity index (χ1) is 5.66. The van der Waals surface area contributed by atoms with Crippen LogP contribution in [0.3, 0.4) is 0 Å². The normalized spacial score (nSPS) is 10.6. The summed E-state index contributed by atoms with van der Waals surface area (Å²) >= 11 is 0. The van der Waals surface area contributed by atoms with Gasteiger partial charge in [0.05, 0.1) is 5.56 Å². The Morgan fingerprint density at radius 2 is 1.92 bits per heavy atom. The highest BCUT2D eigenvalue weighted by Gasteiger charge is 2.08. The van der Waals surface area contributed by atoms with Crippen LogP contribution in [-0.4, -0.2) is 21.3 Å². The number of hydrogen-bond donors (Lipinski definition) is 4. The van der Waals surface area contributed by atoms with Gasteiger partial charge in [0.15, 0.2) is 17.3 Å². The number of benzene rings is 1. The Hall–Kier alpha value is -1.62. The molecule has 0 amide bonds. The van der Waals surface area contributed by atoms with Gasteiger partial charge in [-0.1, -0.05) is 11.2 Å². The van der Waals surface area contributed by atoms with Crippen molar-refractivity contribution in [2.45, 2.75) is 0 Å². The lowest BCUT2D eigenvalue weighted by Gasteiger charge is -2.02. The summed E-state index contributed by atoms with van der Waals surface area (Å²) in [5.74, 6) is -0.949. The maximum atomic E-state index is 9.18. The van der Waals surface area contributed by atoms with Crippen molar-refractivity contribution in [2.75, 3.05) is 0 Å². The molecule has 0 radical (unpaired) electrons. The van der Waals surface area contributed by atoms with E-state index in [0.29, 0.717) is 0 Å². The first kappa shape index (κ1) is 11.4. The number of rotatable bonds is 1. The predicted octanol–water partition coefficient (Wildman–Crippen LogP) is 0.614. The summed E-state index contributed by atoms with van der Waals surface area (Å²) in [6.45, 7) is 0. The van der Waals surface area contributed by atoms with Crippen molar-refractivity contribution in [1.82, 2.24) is 0 Å². The Balaban J connectivity index is 0.00000144. The molecule has 0 aliphatic heterocycles. The van der Waals surface area contributed by atoms with E-state index >= 15 is 0 Å². The van der Waals surface area contributed by atoms with Crippen LogP contribution < -0.4 is 5.73 Å². The van der Waals surface area contributed by atoms with Gasteiger partial charge in [-0.15, -0.1) is 12.4 Å². The van der Waals surface area contributed by atoms with Gasteiger partial charge in [0.25, 0.3) is 0 Å². The third-order valence-corrected chi connectivity index (χ3v) is 1.40. The van der Waals surface area contributed by atoms with Crippen LogP contribution in [0.4, 0.5) is 0 Å². The molecule has 0 unspecified atom stereocenters. The minimum Gasteiger partial charge on any atom is -0.504 e. The van der Waals surface area contributed by atoms with Crippen LogP contribution in [0.5, 0.6) is 11.5 Å². The van der Waals surface area contributed by atoms with Crippen LogP contribution in [0.25, 0.3) is 0 Å². The molecule has 0 aliphatic rings. The van der Waals surface area contributed by atoms with Crippen LogP contribution in [0.1, 0.15) is 5.56 Å². The number of amidine groups is 1. The summed E-state index contributed by atoms with van der Waals surface area (Å²) in [6, 6.07) is 4.19. The van der Waals surface area contributed by atoms with E-state index in [1.165, 1.54) is 18.2 Å². The molecule has 0 spiro atoms. The SMILES string of the molecule is Cl.NC(=NO)c1cccc(O)c1O. The summed E-state index contributed by atoms with van der Waals surface area (Å²) in [5.41, 5.74) is 5.29. The molecule has 0 heterocycles. The second kappa shape index (κ2) is 4.42. The van der Waals surface area contributed by atoms with Gasteiger partial charge in [0.1, 0.15) is 0 Å². The average Bonchev–Trinajstić information content (AvgIpc) is 2.08. The van der Waals surface area contributed by atoms with Gasteiger partial charge in [-0.2, -0.15) is 0 Å². The molecule has 5 nitrogen and oxygen atoms in total. The molecule has 1 rings (SSSR count). The second-order valence-electron chi connectivity index (χ2n) is 2.16. The minimum atomic E-state index is -0.396.